The van der Waals surface area contributed by atoms with Crippen LogP contribution >= 0.6 is 0 Å². The van der Waals surface area contributed by atoms with Gasteiger partial charge in [0.1, 0.15) is 18.3 Å². The molecule has 3 rings (SSSR count). The first-order valence-corrected chi connectivity index (χ1v) is 14.1. The summed E-state index contributed by atoms with van der Waals surface area (Å²) in [7, 11) is -0.739. The Hall–Kier alpha value is -3.85. The summed E-state index contributed by atoms with van der Waals surface area (Å²) in [5.41, 5.74) is 3.64. The van der Waals surface area contributed by atoms with Gasteiger partial charge in [-0.15, -0.1) is 0 Å². The average molecular weight is 538 g/mol. The molecule has 0 radical (unpaired) electrons. The molecule has 0 aliphatic rings. The first-order chi connectivity index (χ1) is 18.0. The maximum atomic E-state index is 14.0. The number of amides is 2. The Kier molecular flexibility index (Phi) is 9.52. The van der Waals surface area contributed by atoms with Gasteiger partial charge in [0.2, 0.25) is 21.8 Å². The van der Waals surface area contributed by atoms with E-state index in [0.717, 1.165) is 32.8 Å². The van der Waals surface area contributed by atoms with Crippen molar-refractivity contribution in [1.29, 1.82) is 0 Å². The zero-order valence-electron chi connectivity index (χ0n) is 22.5. The van der Waals surface area contributed by atoms with Gasteiger partial charge in [0.25, 0.3) is 0 Å². The predicted molar refractivity (Wildman–Crippen MR) is 150 cm³/mol. The van der Waals surface area contributed by atoms with Gasteiger partial charge in [-0.3, -0.25) is 13.9 Å². The van der Waals surface area contributed by atoms with E-state index in [2.05, 4.69) is 5.32 Å². The lowest BCUT2D eigenvalue weighted by atomic mass is 10.0. The third-order valence-electron chi connectivity index (χ3n) is 6.32. The molecular formula is C29H35N3O5S. The van der Waals surface area contributed by atoms with Gasteiger partial charge in [-0.2, -0.15) is 0 Å². The van der Waals surface area contributed by atoms with Crippen LogP contribution in [0.15, 0.2) is 72.8 Å². The number of anilines is 1. The number of carbonyl (C=O) groups excluding carboxylic acids is 2. The summed E-state index contributed by atoms with van der Waals surface area (Å²) >= 11 is 0. The summed E-state index contributed by atoms with van der Waals surface area (Å²) in [5.74, 6) is -0.228. The molecule has 1 N–H and O–H groups in total. The lowest BCUT2D eigenvalue weighted by Crippen LogP contribution is -2.53. The van der Waals surface area contributed by atoms with Gasteiger partial charge in [0.05, 0.1) is 19.1 Å². The third kappa shape index (κ3) is 7.35. The van der Waals surface area contributed by atoms with E-state index >= 15 is 0 Å². The SMILES string of the molecule is CNC(=O)[C@H](Cc1ccccc1)N(Cc1cccc(OC)c1)C(=O)CN(c1cc(C)ccc1C)S(C)(=O)=O. The number of sulfonamides is 1. The molecule has 3 aromatic rings. The molecule has 0 saturated heterocycles. The Morgan fingerprint density at radius 3 is 2.26 bits per heavy atom. The smallest absolute Gasteiger partial charge is 0.244 e. The van der Waals surface area contributed by atoms with Crippen molar-refractivity contribution < 1.29 is 22.7 Å². The van der Waals surface area contributed by atoms with Crippen LogP contribution in [0.25, 0.3) is 0 Å². The molecule has 1 atom stereocenters. The minimum Gasteiger partial charge on any atom is -0.497 e. The van der Waals surface area contributed by atoms with Crippen LogP contribution in [0.1, 0.15) is 22.3 Å². The number of methoxy groups -OCH3 is 1. The summed E-state index contributed by atoms with van der Waals surface area (Å²) in [6.07, 6.45) is 1.34. The maximum Gasteiger partial charge on any atom is 0.244 e. The standard InChI is InChI=1S/C29H35N3O5S/c1-21-14-15-22(2)26(16-21)32(38(5,35)36)20-28(33)31(19-24-12-9-13-25(17-24)37-4)27(29(34)30-3)18-23-10-7-6-8-11-23/h6-17,27H,18-20H2,1-5H3,(H,30,34)/t27-/m0/s1. The monoisotopic (exact) mass is 537 g/mol. The molecule has 0 aliphatic heterocycles. The van der Waals surface area contributed by atoms with Gasteiger partial charge in [-0.1, -0.05) is 54.6 Å². The van der Waals surface area contributed by atoms with Crippen molar-refractivity contribution in [2.75, 3.05) is 31.3 Å². The van der Waals surface area contributed by atoms with Crippen LogP contribution < -0.4 is 14.4 Å². The summed E-state index contributed by atoms with van der Waals surface area (Å²) in [4.78, 5) is 28.6. The van der Waals surface area contributed by atoms with Crippen LogP contribution in [0.3, 0.4) is 0 Å². The minimum absolute atomic E-state index is 0.0886. The lowest BCUT2D eigenvalue weighted by molar-refractivity contribution is -0.139. The fraction of sp³-hybridized carbons (Fsp3) is 0.310. The molecule has 38 heavy (non-hydrogen) atoms. The van der Waals surface area contributed by atoms with Gasteiger partial charge in [0.15, 0.2) is 0 Å². The quantitative estimate of drug-likeness (QED) is 0.404. The number of nitrogens with zero attached hydrogens (tertiary/aromatic N) is 2. The molecule has 202 valence electrons. The average Bonchev–Trinajstić information content (AvgIpc) is 2.90. The predicted octanol–water partition coefficient (Wildman–Crippen LogP) is 3.46. The van der Waals surface area contributed by atoms with Crippen LogP contribution in [-0.2, 0) is 32.6 Å². The van der Waals surface area contributed by atoms with Gasteiger partial charge >= 0.3 is 0 Å². The highest BCUT2D eigenvalue weighted by atomic mass is 32.2. The van der Waals surface area contributed by atoms with Gasteiger partial charge in [-0.05, 0) is 54.3 Å². The first kappa shape index (κ1) is 28.7. The number of nitrogens with one attached hydrogen (secondary N) is 1. The topological polar surface area (TPSA) is 96.0 Å². The molecule has 0 aliphatic carbocycles. The highest BCUT2D eigenvalue weighted by Gasteiger charge is 2.33. The largest absolute Gasteiger partial charge is 0.497 e. The minimum atomic E-state index is -3.81. The third-order valence-corrected chi connectivity index (χ3v) is 7.44. The van der Waals surface area contributed by atoms with Crippen LogP contribution in [-0.4, -0.2) is 58.1 Å². The molecular weight excluding hydrogens is 502 g/mol. The number of ether oxygens (including phenoxy) is 1. The number of rotatable bonds is 11. The number of aryl methyl sites for hydroxylation is 2. The van der Waals surface area contributed by atoms with Crippen molar-refractivity contribution in [3.05, 3.63) is 95.1 Å². The Morgan fingerprint density at radius 2 is 1.63 bits per heavy atom. The zero-order chi connectivity index (χ0) is 27.9. The first-order valence-electron chi connectivity index (χ1n) is 12.3. The summed E-state index contributed by atoms with van der Waals surface area (Å²) in [5, 5.41) is 2.67. The fourth-order valence-electron chi connectivity index (χ4n) is 4.27. The number of hydrogen-bond donors (Lipinski definition) is 1. The molecule has 0 bridgehead atoms. The van der Waals surface area contributed by atoms with Crippen molar-refractivity contribution in [3.8, 4) is 5.75 Å². The number of likely N-dealkylation sites (N-methyl/N-ethyl adjacent to an activating group) is 1. The lowest BCUT2D eigenvalue weighted by Gasteiger charge is -2.33. The maximum absolute atomic E-state index is 14.0. The highest BCUT2D eigenvalue weighted by Crippen LogP contribution is 2.25. The van der Waals surface area contributed by atoms with Crippen molar-refractivity contribution in [2.24, 2.45) is 0 Å². The molecule has 0 aromatic heterocycles. The van der Waals surface area contributed by atoms with Crippen molar-refractivity contribution in [3.63, 3.8) is 0 Å². The second kappa shape index (κ2) is 12.6. The van der Waals surface area contributed by atoms with Gasteiger partial charge in [-0.25, -0.2) is 8.42 Å². The normalized spacial score (nSPS) is 11.9. The van der Waals surface area contributed by atoms with Gasteiger partial charge < -0.3 is 15.0 Å². The van der Waals surface area contributed by atoms with E-state index in [1.807, 2.05) is 61.5 Å². The molecule has 8 nitrogen and oxygen atoms in total. The highest BCUT2D eigenvalue weighted by molar-refractivity contribution is 7.92. The van der Waals surface area contributed by atoms with Crippen LogP contribution in [0.5, 0.6) is 5.75 Å². The van der Waals surface area contributed by atoms with Crippen molar-refractivity contribution in [1.82, 2.24) is 10.2 Å². The van der Waals surface area contributed by atoms with Crippen molar-refractivity contribution in [2.45, 2.75) is 32.9 Å². The Bertz CT molecular complexity index is 1380. The van der Waals surface area contributed by atoms with Gasteiger partial charge in [0, 0.05) is 20.0 Å². The Labute approximate surface area is 225 Å². The summed E-state index contributed by atoms with van der Waals surface area (Å²) in [6, 6.07) is 21.2. The Balaban J connectivity index is 2.06. The zero-order valence-corrected chi connectivity index (χ0v) is 23.3. The van der Waals surface area contributed by atoms with Crippen LogP contribution in [0.2, 0.25) is 0 Å². The van der Waals surface area contributed by atoms with E-state index in [9.17, 15) is 18.0 Å². The second-order valence-corrected chi connectivity index (χ2v) is 11.2. The van der Waals surface area contributed by atoms with E-state index in [-0.39, 0.29) is 18.9 Å². The van der Waals surface area contributed by atoms with E-state index in [1.165, 1.54) is 11.9 Å². The molecule has 0 spiro atoms. The fourth-order valence-corrected chi connectivity index (χ4v) is 5.17. The molecule has 0 unspecified atom stereocenters. The van der Waals surface area contributed by atoms with Crippen LogP contribution in [0, 0.1) is 13.8 Å². The number of benzene rings is 3. The summed E-state index contributed by atoms with van der Waals surface area (Å²) < 4.78 is 32.3. The van der Waals surface area contributed by atoms with E-state index in [0.29, 0.717) is 11.4 Å². The molecule has 3 aromatic carbocycles. The van der Waals surface area contributed by atoms with E-state index in [4.69, 9.17) is 4.74 Å². The van der Waals surface area contributed by atoms with Crippen molar-refractivity contribution >= 4 is 27.5 Å². The van der Waals surface area contributed by atoms with E-state index < -0.39 is 28.5 Å². The molecule has 0 saturated carbocycles. The molecule has 0 heterocycles. The number of hydrogen-bond acceptors (Lipinski definition) is 5. The molecule has 2 amide bonds. The number of carbonyl (C=O) groups is 2. The summed E-state index contributed by atoms with van der Waals surface area (Å²) in [6.45, 7) is 3.30. The molecule has 0 fully saturated rings. The second-order valence-electron chi connectivity index (χ2n) is 9.25. The Morgan fingerprint density at radius 1 is 0.947 bits per heavy atom. The van der Waals surface area contributed by atoms with E-state index in [1.54, 1.807) is 32.2 Å². The van der Waals surface area contributed by atoms with Crippen LogP contribution in [0.4, 0.5) is 5.69 Å². The molecule has 9 heteroatoms.